The van der Waals surface area contributed by atoms with E-state index >= 15 is 0 Å². The van der Waals surface area contributed by atoms with E-state index in [9.17, 15) is 15.0 Å². The number of hydrogen-bond acceptors (Lipinski definition) is 6. The van der Waals surface area contributed by atoms with Gasteiger partial charge in [-0.05, 0) is 43.9 Å². The van der Waals surface area contributed by atoms with Crippen molar-refractivity contribution in [2.45, 2.75) is 51.4 Å². The number of halogens is 1. The Morgan fingerprint density at radius 3 is 2.77 bits per heavy atom. The lowest BCUT2D eigenvalue weighted by molar-refractivity contribution is -0.124. The summed E-state index contributed by atoms with van der Waals surface area (Å²) in [6.45, 7) is 4.28. The molecule has 162 valence electrons. The summed E-state index contributed by atoms with van der Waals surface area (Å²) in [6.07, 6.45) is 5.05. The fraction of sp³-hybridized carbons (Fsp3) is 0.435. The monoisotopic (exact) mass is 440 g/mol. The van der Waals surface area contributed by atoms with Gasteiger partial charge in [0.25, 0.3) is 0 Å². The molecule has 2 aromatic rings. The van der Waals surface area contributed by atoms with Gasteiger partial charge in [-0.3, -0.25) is 4.79 Å². The highest BCUT2D eigenvalue weighted by Gasteiger charge is 2.45. The minimum atomic E-state index is -1.10. The fourth-order valence-electron chi connectivity index (χ4n) is 4.12. The number of carbonyl (C=O) groups excluding carboxylic acids is 1. The lowest BCUT2D eigenvalue weighted by Gasteiger charge is -2.18. The molecule has 0 saturated heterocycles. The van der Waals surface area contributed by atoms with Crippen molar-refractivity contribution in [1.29, 1.82) is 0 Å². The topological polar surface area (TPSA) is 100 Å². The first-order valence-corrected chi connectivity index (χ1v) is 10.8. The summed E-state index contributed by atoms with van der Waals surface area (Å²) in [7, 11) is 0. The van der Waals surface area contributed by atoms with Gasteiger partial charge in [0.05, 0.1) is 24.2 Å². The van der Waals surface area contributed by atoms with Gasteiger partial charge in [-0.1, -0.05) is 24.4 Å². The summed E-state index contributed by atoms with van der Waals surface area (Å²) in [4.78, 5) is 21.1. The van der Waals surface area contributed by atoms with Crippen molar-refractivity contribution in [2.75, 3.05) is 11.9 Å². The number of nitrogens with one attached hydrogen (secondary N) is 1. The maximum Gasteiger partial charge on any atom is 0.163 e. The van der Waals surface area contributed by atoms with Gasteiger partial charge in [-0.25, -0.2) is 9.97 Å². The molecule has 8 heteroatoms. The van der Waals surface area contributed by atoms with Crippen LogP contribution in [0.4, 0.5) is 5.69 Å². The van der Waals surface area contributed by atoms with Gasteiger partial charge in [-0.15, -0.1) is 0 Å². The number of imidazole rings is 1. The second kappa shape index (κ2) is 8.83. The normalized spacial score (nSPS) is 25.2. The number of fused-ring (bicyclic) bond motifs is 1. The van der Waals surface area contributed by atoms with E-state index in [2.05, 4.69) is 34.0 Å². The molecule has 4 atom stereocenters. The van der Waals surface area contributed by atoms with Crippen LogP contribution in [0.25, 0.3) is 11.2 Å². The van der Waals surface area contributed by atoms with E-state index in [0.717, 1.165) is 29.3 Å². The van der Waals surface area contributed by atoms with Crippen LogP contribution in [0, 0.1) is 17.8 Å². The zero-order valence-corrected chi connectivity index (χ0v) is 18.2. The highest BCUT2D eigenvalue weighted by Crippen LogP contribution is 2.38. The molecule has 0 spiro atoms. The molecular weight excluding hydrogens is 416 g/mol. The van der Waals surface area contributed by atoms with Gasteiger partial charge in [0, 0.05) is 29.5 Å². The van der Waals surface area contributed by atoms with Crippen LogP contribution in [0.2, 0.25) is 0 Å². The number of carbonyl (C=O) groups is 1. The Morgan fingerprint density at radius 1 is 1.32 bits per heavy atom. The number of aliphatic hydroxyl groups is 2. The van der Waals surface area contributed by atoms with Crippen molar-refractivity contribution in [2.24, 2.45) is 5.92 Å². The highest BCUT2D eigenvalue weighted by atomic mass is 35.5. The maximum absolute atomic E-state index is 11.9. The predicted octanol–water partition coefficient (Wildman–Crippen LogP) is 2.93. The van der Waals surface area contributed by atoms with Gasteiger partial charge in [0.15, 0.2) is 5.65 Å². The lowest BCUT2D eigenvalue weighted by Crippen LogP contribution is -2.31. The van der Waals surface area contributed by atoms with E-state index < -0.39 is 24.2 Å². The van der Waals surface area contributed by atoms with Crippen molar-refractivity contribution in [3.05, 3.63) is 40.8 Å². The molecule has 4 rings (SSSR count). The lowest BCUT2D eigenvalue weighted by atomic mass is 10.0. The first-order valence-electron chi connectivity index (χ1n) is 10.4. The Bertz CT molecular complexity index is 1140. The van der Waals surface area contributed by atoms with E-state index in [1.165, 1.54) is 6.92 Å². The third-order valence-corrected chi connectivity index (χ3v) is 6.06. The van der Waals surface area contributed by atoms with Crippen LogP contribution >= 0.6 is 11.6 Å². The van der Waals surface area contributed by atoms with Crippen LogP contribution in [0.15, 0.2) is 35.2 Å². The summed E-state index contributed by atoms with van der Waals surface area (Å²) >= 11 is 6.02. The Kier molecular flexibility index (Phi) is 6.15. The van der Waals surface area contributed by atoms with Crippen LogP contribution in [0.5, 0.6) is 0 Å². The zero-order valence-electron chi connectivity index (χ0n) is 17.5. The van der Waals surface area contributed by atoms with E-state index in [1.54, 1.807) is 10.9 Å². The molecule has 0 bridgehead atoms. The van der Waals surface area contributed by atoms with E-state index in [1.807, 2.05) is 18.2 Å². The largest absolute Gasteiger partial charge is 0.390 e. The molecule has 3 N–H and O–H groups in total. The molecule has 0 aliphatic heterocycles. The number of nitrogens with zero attached hydrogens (tertiary/aromatic N) is 3. The van der Waals surface area contributed by atoms with Crippen LogP contribution in [-0.4, -0.2) is 49.3 Å². The molecule has 0 aromatic carbocycles. The average Bonchev–Trinajstić information content (AvgIpc) is 3.43. The number of pyridine rings is 1. The van der Waals surface area contributed by atoms with Crippen LogP contribution in [0.1, 0.15) is 44.8 Å². The number of aliphatic hydroxyl groups excluding tert-OH is 2. The first-order chi connectivity index (χ1) is 14.9. The zero-order chi connectivity index (χ0) is 22.1. The number of rotatable bonds is 5. The SMILES string of the molecule is CCCNc1cc(C#CC2=CC=C(Cl)C2)nc2c1ncn2[C@@H]1C[C@H](C(C)=O)C(O)[C@H]1O. The van der Waals surface area contributed by atoms with Crippen molar-refractivity contribution >= 4 is 34.2 Å². The van der Waals surface area contributed by atoms with E-state index in [4.69, 9.17) is 11.6 Å². The second-order valence-electron chi connectivity index (χ2n) is 8.04. The van der Waals surface area contributed by atoms with Gasteiger partial charge >= 0.3 is 0 Å². The van der Waals surface area contributed by atoms with Crippen molar-refractivity contribution in [3.63, 3.8) is 0 Å². The number of aromatic nitrogens is 3. The molecule has 31 heavy (non-hydrogen) atoms. The summed E-state index contributed by atoms with van der Waals surface area (Å²) in [5.41, 5.74) is 3.51. The van der Waals surface area contributed by atoms with Gasteiger partial charge in [-0.2, -0.15) is 0 Å². The van der Waals surface area contributed by atoms with Gasteiger partial charge in [0.1, 0.15) is 23.1 Å². The molecule has 1 fully saturated rings. The number of ketones is 1. The number of allylic oxidation sites excluding steroid dienone is 4. The number of Topliss-reactive ketones (excluding diaryl/α,β-unsaturated/α-hetero) is 1. The summed E-state index contributed by atoms with van der Waals surface area (Å²) < 4.78 is 1.75. The third kappa shape index (κ3) is 4.24. The van der Waals surface area contributed by atoms with E-state index in [0.29, 0.717) is 29.7 Å². The molecule has 2 aliphatic carbocycles. The maximum atomic E-state index is 11.9. The molecule has 1 unspecified atom stereocenters. The molecule has 0 radical (unpaired) electrons. The Balaban J connectivity index is 1.74. The molecular formula is C23H25ClN4O3. The van der Waals surface area contributed by atoms with Crippen molar-refractivity contribution in [3.8, 4) is 11.8 Å². The predicted molar refractivity (Wildman–Crippen MR) is 120 cm³/mol. The molecule has 2 aliphatic rings. The van der Waals surface area contributed by atoms with Gasteiger partial charge in [0.2, 0.25) is 0 Å². The molecule has 0 amide bonds. The average molecular weight is 441 g/mol. The summed E-state index contributed by atoms with van der Waals surface area (Å²) in [6, 6.07) is 1.37. The highest BCUT2D eigenvalue weighted by molar-refractivity contribution is 6.30. The molecule has 2 heterocycles. The Morgan fingerprint density at radius 2 is 2.13 bits per heavy atom. The molecule has 1 saturated carbocycles. The quantitative estimate of drug-likeness (QED) is 0.618. The molecule has 7 nitrogen and oxygen atoms in total. The van der Waals surface area contributed by atoms with E-state index in [-0.39, 0.29) is 5.78 Å². The summed E-state index contributed by atoms with van der Waals surface area (Å²) in [5, 5.41) is 25.1. The number of anilines is 1. The van der Waals surface area contributed by atoms with Crippen LogP contribution < -0.4 is 5.32 Å². The van der Waals surface area contributed by atoms with Gasteiger partial charge < -0.3 is 20.1 Å². The Labute approximate surface area is 185 Å². The van der Waals surface area contributed by atoms with Crippen LogP contribution in [0.3, 0.4) is 0 Å². The standard InChI is InChI=1S/C23H25ClN4O3/c1-3-8-25-18-10-16(7-5-14-4-6-15(24)9-14)27-23-20(18)26-12-28(23)19-11-17(13(2)29)21(30)22(19)31/h4,6,10,12,17,19,21-22,30-31H,3,8-9,11H2,1-2H3,(H,25,27)/t17-,19-,21?,22+/m1/s1. The fourth-order valence-corrected chi connectivity index (χ4v) is 4.33. The summed E-state index contributed by atoms with van der Waals surface area (Å²) in [5.74, 6) is 5.47. The smallest absolute Gasteiger partial charge is 0.163 e. The van der Waals surface area contributed by atoms with Crippen molar-refractivity contribution < 1.29 is 15.0 Å². The minimum absolute atomic E-state index is 0.139. The second-order valence-corrected chi connectivity index (χ2v) is 8.52. The first kappa shape index (κ1) is 21.6. The third-order valence-electron chi connectivity index (χ3n) is 5.80. The molecule has 2 aromatic heterocycles. The van der Waals surface area contributed by atoms with Crippen molar-refractivity contribution in [1.82, 2.24) is 14.5 Å². The minimum Gasteiger partial charge on any atom is -0.390 e. The van der Waals surface area contributed by atoms with Crippen LogP contribution in [-0.2, 0) is 4.79 Å². The Hall–Kier alpha value is -2.66. The number of hydrogen-bond donors (Lipinski definition) is 3.